The van der Waals surface area contributed by atoms with Crippen LogP contribution in [-0.4, -0.2) is 29.2 Å². The molecule has 1 aromatic carbocycles. The Hall–Kier alpha value is -1.44. The predicted molar refractivity (Wildman–Crippen MR) is 57.0 cm³/mol. The van der Waals surface area contributed by atoms with Crippen molar-refractivity contribution in [3.05, 3.63) is 35.1 Å². The van der Waals surface area contributed by atoms with Crippen LogP contribution in [0.25, 0.3) is 0 Å². The average Bonchev–Trinajstić information content (AvgIpc) is 2.64. The van der Waals surface area contributed by atoms with Crippen molar-refractivity contribution >= 4 is 0 Å². The van der Waals surface area contributed by atoms with Gasteiger partial charge in [0.15, 0.2) is 0 Å². The minimum Gasteiger partial charge on any atom is -0.392 e. The van der Waals surface area contributed by atoms with Gasteiger partial charge in [-0.1, -0.05) is 0 Å². The number of rotatable bonds is 2. The smallest absolute Gasteiger partial charge is 0.123 e. The summed E-state index contributed by atoms with van der Waals surface area (Å²) in [7, 11) is 0. The van der Waals surface area contributed by atoms with Crippen molar-refractivity contribution in [3.8, 4) is 6.07 Å². The van der Waals surface area contributed by atoms with Crippen LogP contribution in [0.1, 0.15) is 17.5 Å². The molecular formula is C12H13FN2O. The summed E-state index contributed by atoms with van der Waals surface area (Å²) in [5, 5.41) is 18.3. The molecule has 0 bridgehead atoms. The molecule has 16 heavy (non-hydrogen) atoms. The largest absolute Gasteiger partial charge is 0.392 e. The van der Waals surface area contributed by atoms with Crippen molar-refractivity contribution in [1.29, 1.82) is 5.26 Å². The monoisotopic (exact) mass is 220 g/mol. The van der Waals surface area contributed by atoms with Gasteiger partial charge in [0.1, 0.15) is 5.82 Å². The van der Waals surface area contributed by atoms with E-state index in [1.54, 1.807) is 0 Å². The summed E-state index contributed by atoms with van der Waals surface area (Å²) in [5.74, 6) is -0.325. The van der Waals surface area contributed by atoms with Gasteiger partial charge in [-0.2, -0.15) is 5.26 Å². The van der Waals surface area contributed by atoms with Gasteiger partial charge in [0.25, 0.3) is 0 Å². The highest BCUT2D eigenvalue weighted by Crippen LogP contribution is 2.17. The van der Waals surface area contributed by atoms with Crippen molar-refractivity contribution in [1.82, 2.24) is 4.90 Å². The second-order valence-electron chi connectivity index (χ2n) is 4.09. The number of aliphatic hydroxyl groups excluding tert-OH is 1. The molecule has 1 N–H and O–H groups in total. The van der Waals surface area contributed by atoms with Gasteiger partial charge in [0, 0.05) is 19.6 Å². The van der Waals surface area contributed by atoms with Gasteiger partial charge in [-0.05, 0) is 30.2 Å². The number of β-amino-alcohol motifs (C(OH)–C–C–N with tert-alkyl or cyclic N) is 1. The van der Waals surface area contributed by atoms with Gasteiger partial charge in [-0.15, -0.1) is 0 Å². The molecule has 1 heterocycles. The van der Waals surface area contributed by atoms with Gasteiger partial charge in [0.2, 0.25) is 0 Å². The van der Waals surface area contributed by atoms with Crippen LogP contribution < -0.4 is 0 Å². The first-order chi connectivity index (χ1) is 7.69. The Kier molecular flexibility index (Phi) is 3.18. The number of nitrogens with zero attached hydrogens (tertiary/aromatic N) is 2. The minimum absolute atomic E-state index is 0.293. The Morgan fingerprint density at radius 2 is 2.38 bits per heavy atom. The van der Waals surface area contributed by atoms with E-state index >= 15 is 0 Å². The number of hydrogen-bond acceptors (Lipinski definition) is 3. The maximum Gasteiger partial charge on any atom is 0.123 e. The van der Waals surface area contributed by atoms with Gasteiger partial charge >= 0.3 is 0 Å². The van der Waals surface area contributed by atoms with Crippen molar-refractivity contribution in [2.24, 2.45) is 0 Å². The van der Waals surface area contributed by atoms with Crippen LogP contribution in [0, 0.1) is 17.1 Å². The lowest BCUT2D eigenvalue weighted by Crippen LogP contribution is -2.22. The van der Waals surface area contributed by atoms with Crippen LogP contribution in [0.15, 0.2) is 18.2 Å². The summed E-state index contributed by atoms with van der Waals surface area (Å²) in [4.78, 5) is 2.03. The lowest BCUT2D eigenvalue weighted by molar-refractivity contribution is 0.174. The Labute approximate surface area is 93.7 Å². The maximum atomic E-state index is 13.1. The summed E-state index contributed by atoms with van der Waals surface area (Å²) < 4.78 is 13.1. The molecule has 1 saturated heterocycles. The fourth-order valence-corrected chi connectivity index (χ4v) is 2.00. The van der Waals surface area contributed by atoms with Crippen LogP contribution in [0.5, 0.6) is 0 Å². The Morgan fingerprint density at radius 1 is 1.56 bits per heavy atom. The zero-order valence-corrected chi connectivity index (χ0v) is 8.86. The molecule has 0 radical (unpaired) electrons. The third kappa shape index (κ3) is 2.38. The molecule has 0 amide bonds. The van der Waals surface area contributed by atoms with E-state index in [-0.39, 0.29) is 11.9 Å². The summed E-state index contributed by atoms with van der Waals surface area (Å²) >= 11 is 0. The van der Waals surface area contributed by atoms with Crippen LogP contribution in [0.3, 0.4) is 0 Å². The molecule has 3 nitrogen and oxygen atoms in total. The fourth-order valence-electron chi connectivity index (χ4n) is 2.00. The number of hydrogen-bond donors (Lipinski definition) is 1. The second kappa shape index (κ2) is 4.60. The summed E-state index contributed by atoms with van der Waals surface area (Å²) in [5.41, 5.74) is 1.19. The van der Waals surface area contributed by atoms with Crippen LogP contribution in [-0.2, 0) is 6.54 Å². The first kappa shape index (κ1) is 11.1. The van der Waals surface area contributed by atoms with E-state index < -0.39 is 0 Å². The highest BCUT2D eigenvalue weighted by atomic mass is 19.1. The highest BCUT2D eigenvalue weighted by Gasteiger charge is 2.20. The van der Waals surface area contributed by atoms with Crippen LogP contribution in [0.2, 0.25) is 0 Å². The van der Waals surface area contributed by atoms with Gasteiger partial charge < -0.3 is 5.11 Å². The summed E-state index contributed by atoms with van der Waals surface area (Å²) in [6.07, 6.45) is 0.455. The normalized spacial score (nSPS) is 20.9. The Morgan fingerprint density at radius 3 is 3.00 bits per heavy atom. The molecule has 1 atom stereocenters. The average molecular weight is 220 g/mol. The van der Waals surface area contributed by atoms with E-state index in [4.69, 9.17) is 5.26 Å². The second-order valence-corrected chi connectivity index (χ2v) is 4.09. The zero-order valence-electron chi connectivity index (χ0n) is 8.86. The van der Waals surface area contributed by atoms with Gasteiger partial charge in [-0.3, -0.25) is 4.90 Å². The number of halogens is 1. The number of benzene rings is 1. The lowest BCUT2D eigenvalue weighted by atomic mass is 10.1. The van der Waals surface area contributed by atoms with E-state index in [2.05, 4.69) is 6.07 Å². The lowest BCUT2D eigenvalue weighted by Gasteiger charge is -2.15. The zero-order chi connectivity index (χ0) is 11.5. The van der Waals surface area contributed by atoms with Crippen molar-refractivity contribution in [3.63, 3.8) is 0 Å². The molecule has 84 valence electrons. The standard InChI is InChI=1S/C12H13FN2O/c13-11-2-1-9(6-14)10(5-11)7-15-4-3-12(16)8-15/h1-2,5,12,16H,3-4,7-8H2/t12-/m1/s1. The molecule has 1 aliphatic heterocycles. The number of aliphatic hydroxyl groups is 1. The molecule has 4 heteroatoms. The highest BCUT2D eigenvalue weighted by molar-refractivity contribution is 5.37. The summed E-state index contributed by atoms with van der Waals surface area (Å²) in [6.45, 7) is 1.92. The van der Waals surface area contributed by atoms with Crippen molar-refractivity contribution in [2.75, 3.05) is 13.1 Å². The molecule has 1 aromatic rings. The maximum absolute atomic E-state index is 13.1. The van der Waals surface area contributed by atoms with E-state index in [0.29, 0.717) is 24.2 Å². The molecule has 0 unspecified atom stereocenters. The molecule has 2 rings (SSSR count). The first-order valence-electron chi connectivity index (χ1n) is 5.28. The molecule has 0 saturated carbocycles. The van der Waals surface area contributed by atoms with Crippen molar-refractivity contribution < 1.29 is 9.50 Å². The fraction of sp³-hybridized carbons (Fsp3) is 0.417. The first-order valence-corrected chi connectivity index (χ1v) is 5.28. The van der Waals surface area contributed by atoms with E-state index in [9.17, 15) is 9.50 Å². The van der Waals surface area contributed by atoms with Crippen LogP contribution >= 0.6 is 0 Å². The minimum atomic E-state index is -0.325. The van der Waals surface area contributed by atoms with E-state index in [1.165, 1.54) is 18.2 Å². The predicted octanol–water partition coefficient (Wildman–Crippen LogP) is 1.26. The number of nitriles is 1. The summed E-state index contributed by atoms with van der Waals surface area (Å²) in [6, 6.07) is 6.23. The topological polar surface area (TPSA) is 47.3 Å². The molecule has 1 fully saturated rings. The van der Waals surface area contributed by atoms with Gasteiger partial charge in [-0.25, -0.2) is 4.39 Å². The quantitative estimate of drug-likeness (QED) is 0.816. The molecule has 0 aliphatic carbocycles. The molecule has 1 aliphatic rings. The Bertz CT molecular complexity index is 428. The molecule has 0 aromatic heterocycles. The third-order valence-corrected chi connectivity index (χ3v) is 2.83. The number of likely N-dealkylation sites (tertiary alicyclic amines) is 1. The van der Waals surface area contributed by atoms with Gasteiger partial charge in [0.05, 0.1) is 17.7 Å². The van der Waals surface area contributed by atoms with E-state index in [1.807, 2.05) is 4.90 Å². The van der Waals surface area contributed by atoms with Crippen molar-refractivity contribution in [2.45, 2.75) is 19.1 Å². The SMILES string of the molecule is N#Cc1ccc(F)cc1CN1CC[C@@H](O)C1. The molecular weight excluding hydrogens is 207 g/mol. The Balaban J connectivity index is 2.14. The van der Waals surface area contributed by atoms with E-state index in [0.717, 1.165) is 13.0 Å². The third-order valence-electron chi connectivity index (χ3n) is 2.83. The van der Waals surface area contributed by atoms with Crippen LogP contribution in [0.4, 0.5) is 4.39 Å². The molecule has 0 spiro atoms.